The molecular weight excluding hydrogens is 1860 g/mol. The molecule has 1 atom stereocenters. The largest absolute Gasteiger partial charge is 0.417 e. The number of urea groups is 1. The number of rotatable bonds is 36. The van der Waals surface area contributed by atoms with Crippen molar-refractivity contribution >= 4 is 76.2 Å². The summed E-state index contributed by atoms with van der Waals surface area (Å²) in [4.78, 5) is 101. The predicted octanol–water partition coefficient (Wildman–Crippen LogP) is 17.6. The van der Waals surface area contributed by atoms with Crippen molar-refractivity contribution in [1.29, 1.82) is 5.26 Å². The van der Waals surface area contributed by atoms with Gasteiger partial charge >= 0.3 is 18.4 Å². The van der Waals surface area contributed by atoms with E-state index in [-0.39, 0.29) is 127 Å². The number of imide groups is 1. The van der Waals surface area contributed by atoms with Crippen molar-refractivity contribution in [2.75, 3.05) is 40.9 Å². The van der Waals surface area contributed by atoms with Crippen molar-refractivity contribution in [1.82, 2.24) is 60.8 Å². The molecule has 6 heterocycles. The molecule has 141 heavy (non-hydrogen) atoms. The van der Waals surface area contributed by atoms with Crippen LogP contribution < -0.4 is 68.3 Å². The van der Waals surface area contributed by atoms with Crippen LogP contribution in [-0.4, -0.2) is 98.7 Å². The monoisotopic (exact) mass is 1950 g/mol. The zero-order valence-corrected chi connectivity index (χ0v) is 76.0. The van der Waals surface area contributed by atoms with Gasteiger partial charge in [0.15, 0.2) is 52.7 Å². The number of alkyl halides is 10. The Labute approximate surface area is 799 Å². The van der Waals surface area contributed by atoms with Gasteiger partial charge in [0.25, 0.3) is 23.7 Å². The molecule has 1 saturated heterocycles. The van der Waals surface area contributed by atoms with Gasteiger partial charge in [0.05, 0.1) is 36.2 Å². The first-order valence-corrected chi connectivity index (χ1v) is 44.6. The highest BCUT2D eigenvalue weighted by molar-refractivity contribution is 6.07. The summed E-state index contributed by atoms with van der Waals surface area (Å²) in [5.74, 6) is -9.47. The molecule has 4 saturated carbocycles. The number of anilines is 8. The lowest BCUT2D eigenvalue weighted by atomic mass is 9.91. The van der Waals surface area contributed by atoms with Gasteiger partial charge in [0.2, 0.25) is 35.1 Å². The molecule has 0 radical (unpaired) electrons. The average Bonchev–Trinajstić information content (AvgIpc) is 1.64. The lowest BCUT2D eigenvalue weighted by molar-refractivity contribution is -0.138. The van der Waals surface area contributed by atoms with Gasteiger partial charge in [-0.2, -0.15) is 49.2 Å². The summed E-state index contributed by atoms with van der Waals surface area (Å²) >= 11 is 0. The van der Waals surface area contributed by atoms with E-state index in [1.54, 1.807) is 132 Å². The Morgan fingerprint density at radius 2 is 0.688 bits per heavy atom. The molecular formula is C99H95F14N23O5. The minimum absolute atomic E-state index is 0.0113. The summed E-state index contributed by atoms with van der Waals surface area (Å²) in [5.41, 5.74) is 15.9. The van der Waals surface area contributed by atoms with E-state index in [1.807, 2.05) is 21.9 Å². The maximum Gasteiger partial charge on any atom is 0.417 e. The first-order chi connectivity index (χ1) is 67.2. The fourth-order valence-electron chi connectivity index (χ4n) is 15.1. The Balaban J connectivity index is 0.000000150. The molecule has 0 bridgehead atoms. The zero-order valence-electron chi connectivity index (χ0n) is 76.0. The van der Waals surface area contributed by atoms with E-state index in [0.717, 1.165) is 134 Å². The third-order valence-corrected chi connectivity index (χ3v) is 23.5. The number of halogens is 14. The minimum atomic E-state index is -4.47. The van der Waals surface area contributed by atoms with Crippen LogP contribution in [0.5, 0.6) is 0 Å². The van der Waals surface area contributed by atoms with Crippen LogP contribution in [0.15, 0.2) is 213 Å². The molecule has 12 aromatic rings. The summed E-state index contributed by atoms with van der Waals surface area (Å²) in [6, 6.07) is 46.9. The first-order valence-electron chi connectivity index (χ1n) is 44.6. The Kier molecular flexibility index (Phi) is 31.5. The molecule has 7 aromatic carbocycles. The molecule has 1 aliphatic heterocycles. The van der Waals surface area contributed by atoms with E-state index in [4.69, 9.17) is 16.7 Å². The third kappa shape index (κ3) is 27.4. The molecule has 0 spiro atoms. The highest BCUT2D eigenvalue weighted by atomic mass is 19.4. The topological polar surface area (TPSA) is 374 Å². The summed E-state index contributed by atoms with van der Waals surface area (Å²) in [6.07, 6.45) is 5.77. The number of hydrogen-bond donors (Lipinski definition) is 9. The van der Waals surface area contributed by atoms with Crippen LogP contribution in [0.25, 0.3) is 0 Å². The zero-order chi connectivity index (χ0) is 101. The highest BCUT2D eigenvalue weighted by Gasteiger charge is 2.44. The second-order valence-electron chi connectivity index (χ2n) is 34.6. The van der Waals surface area contributed by atoms with Gasteiger partial charge in [-0.1, -0.05) is 146 Å². The SMILES string of the molecule is CC(F)(F)c1ccc(CN(c2ncnc(NCc3ccc(C(=O)NC#N)cc3)c2F)C2CC2)cc1.CC(F)(F)c1ccc(CN(c2ncnc(NCc3ccc(C4(C)NC(=O)NC4=O)cc3)c2F)C2CC2)cc1.NC(=O)Cc1ccc(CNc2ncnc(N(Cc3ccc(C(F)(F)F)cc3)C3CC3)c2F)cc1.NC(=O)Cc1ccc(CNc2ncnc(N(Cc3ccc(C(F)(F)F)cn3)C3CC3)c2F)cc1. The fourth-order valence-corrected chi connectivity index (χ4v) is 15.1. The molecule has 4 aliphatic carbocycles. The molecule has 5 fully saturated rings. The van der Waals surface area contributed by atoms with Crippen molar-refractivity contribution in [3.63, 3.8) is 0 Å². The number of primary amides is 2. The van der Waals surface area contributed by atoms with Crippen LogP contribution in [0.4, 0.5) is 113 Å². The van der Waals surface area contributed by atoms with Crippen LogP contribution >= 0.6 is 0 Å². The van der Waals surface area contributed by atoms with Crippen molar-refractivity contribution in [2.45, 2.75) is 191 Å². The lowest BCUT2D eigenvalue weighted by Gasteiger charge is -2.25. The molecule has 6 amide bonds. The summed E-state index contributed by atoms with van der Waals surface area (Å²) in [6.45, 7) is 5.45. The van der Waals surface area contributed by atoms with Crippen molar-refractivity contribution in [2.24, 2.45) is 11.5 Å². The van der Waals surface area contributed by atoms with E-state index >= 15 is 17.6 Å². The van der Waals surface area contributed by atoms with Crippen molar-refractivity contribution < 1.29 is 85.4 Å². The van der Waals surface area contributed by atoms with Crippen LogP contribution in [-0.2, 0) is 109 Å². The number of carbonyl (C=O) groups is 5. The number of amides is 6. The molecule has 1 unspecified atom stereocenters. The van der Waals surface area contributed by atoms with Gasteiger partial charge in [-0.3, -0.25) is 34.8 Å². The Hall–Kier alpha value is -15.7. The molecule has 28 nitrogen and oxygen atoms in total. The molecule has 5 aliphatic rings. The number of hydrogen-bond acceptors (Lipinski definition) is 23. The molecule has 11 N–H and O–H groups in total. The van der Waals surface area contributed by atoms with Gasteiger partial charge in [0, 0.05) is 107 Å². The lowest BCUT2D eigenvalue weighted by Crippen LogP contribution is -2.40. The number of pyridine rings is 1. The summed E-state index contributed by atoms with van der Waals surface area (Å²) in [5, 5.41) is 27.3. The molecule has 5 aromatic heterocycles. The molecule has 17 rings (SSSR count). The molecule has 42 heteroatoms. The number of nitrogens with two attached hydrogens (primary N) is 2. The second-order valence-corrected chi connectivity index (χ2v) is 34.6. The maximum absolute atomic E-state index is 15.5. The van der Waals surface area contributed by atoms with E-state index in [0.29, 0.717) is 42.0 Å². The minimum Gasteiger partial charge on any atom is -0.369 e. The second kappa shape index (κ2) is 44.0. The van der Waals surface area contributed by atoms with E-state index < -0.39 is 93.8 Å². The van der Waals surface area contributed by atoms with Crippen molar-refractivity contribution in [3.8, 4) is 6.19 Å². The smallest absolute Gasteiger partial charge is 0.369 e. The van der Waals surface area contributed by atoms with Gasteiger partial charge < -0.3 is 57.7 Å². The van der Waals surface area contributed by atoms with Crippen LogP contribution in [0.1, 0.15) is 166 Å². The number of nitrogens with one attached hydrogen (secondary N) is 7. The number of nitrogens with zero attached hydrogens (tertiary/aromatic N) is 14. The third-order valence-electron chi connectivity index (χ3n) is 23.5. The quantitative estimate of drug-likeness (QED) is 0.00762. The molecule has 734 valence electrons. The van der Waals surface area contributed by atoms with Gasteiger partial charge in [0.1, 0.15) is 30.8 Å². The predicted molar refractivity (Wildman–Crippen MR) is 495 cm³/mol. The number of aromatic nitrogens is 9. The Morgan fingerprint density at radius 3 is 0.965 bits per heavy atom. The van der Waals surface area contributed by atoms with Crippen LogP contribution in [0, 0.1) is 34.7 Å². The first kappa shape index (κ1) is 101. The van der Waals surface area contributed by atoms with E-state index in [2.05, 4.69) is 82.1 Å². The Bertz CT molecular complexity index is 6250. The number of nitriles is 1. The van der Waals surface area contributed by atoms with Gasteiger partial charge in [-0.25, -0.2) is 62.2 Å². The summed E-state index contributed by atoms with van der Waals surface area (Å²) < 4.78 is 193. The number of carbonyl (C=O) groups excluding carboxylic acids is 5. The highest BCUT2D eigenvalue weighted by Crippen LogP contribution is 2.42. The average molecular weight is 1950 g/mol. The van der Waals surface area contributed by atoms with Gasteiger partial charge in [-0.05, 0) is 150 Å². The standard InChI is InChI=1S/C27H27F3N6O2.C25H23F3N6O.C24H23F4N5O.C23H22F4N6O/c1-26(24(37)34-25(38)35-26)18-7-3-16(4-8-18)13-31-22-21(28)23(33-15-32-22)36(20-11-12-20)14-17-5-9-19(10-6-17)27(2,29)30;1-25(27,28)19-8-4-17(5-9-19)13-34(20-10-11-20)23-21(26)22(32-15-33-23)30-12-16-2-6-18(7-3-16)24(35)31-14-29;25-21-22(30-12-16-3-1-15(2-4-16)11-20(29)34)31-14-32-23(21)33(19-9-10-19)13-17-5-7-18(8-6-17)24(26,27)28;24-20-21(30-10-15-3-1-14(2-4-15)9-19(28)34)31-13-32-22(20)33(18-7-8-18)12-17-6-5-16(11-29-17)23(25,26)27/h3-10,15,20H,11-14H2,1-2H3,(H,31,32,33)(H2,34,35,37,38);2-9,15,20H,10-13H2,1H3,(H,31,35)(H,30,32,33);1-8,14,19H,9-13H2,(H2,29,34)(H,30,31,32);1-6,11,13,18H,7-10,12H2,(H2,28,34)(H,30,31,32). The van der Waals surface area contributed by atoms with E-state index in [1.165, 1.54) is 67.8 Å². The van der Waals surface area contributed by atoms with Crippen LogP contribution in [0.2, 0.25) is 0 Å². The number of benzene rings is 7. The maximum atomic E-state index is 15.5. The van der Waals surface area contributed by atoms with Crippen molar-refractivity contribution in [3.05, 3.63) is 326 Å². The van der Waals surface area contributed by atoms with Gasteiger partial charge in [-0.15, -0.1) is 0 Å². The Morgan fingerprint density at radius 1 is 0.397 bits per heavy atom. The van der Waals surface area contributed by atoms with Crippen LogP contribution in [0.3, 0.4) is 0 Å². The van der Waals surface area contributed by atoms with E-state index in [9.17, 15) is 67.9 Å². The normalized spacial score (nSPS) is 15.0. The fraction of sp³-hybridized carbons (Fsp3) is 0.303. The summed E-state index contributed by atoms with van der Waals surface area (Å²) in [7, 11) is 0.